The van der Waals surface area contributed by atoms with Crippen LogP contribution in [-0.2, 0) is 4.74 Å². The molecule has 0 amide bonds. The number of rotatable bonds is 2. The van der Waals surface area contributed by atoms with Gasteiger partial charge < -0.3 is 22.0 Å². The van der Waals surface area contributed by atoms with Crippen molar-refractivity contribution < 1.29 is 26.6 Å². The van der Waals surface area contributed by atoms with E-state index in [4.69, 9.17) is 4.74 Å². The van der Waals surface area contributed by atoms with Gasteiger partial charge in [0, 0.05) is 12.7 Å². The molecule has 1 aliphatic rings. The van der Waals surface area contributed by atoms with Crippen LogP contribution in [0.5, 0.6) is 0 Å². The van der Waals surface area contributed by atoms with Gasteiger partial charge >= 0.3 is 7.25 Å². The van der Waals surface area contributed by atoms with Gasteiger partial charge in [0.1, 0.15) is 0 Å². The Balaban J connectivity index is 0.000000312. The Morgan fingerprint density at radius 1 is 1.42 bits per heavy atom. The Bertz CT molecular complexity index is 408. The number of anilines is 1. The molecule has 0 saturated carbocycles. The summed E-state index contributed by atoms with van der Waals surface area (Å²) in [5.74, 6) is 1.16. The number of nitrogens with zero attached hydrogens (tertiary/aromatic N) is 1. The molecule has 1 unspecified atom stereocenters. The minimum absolute atomic E-state index is 0.205. The first-order valence-corrected chi connectivity index (χ1v) is 6.06. The van der Waals surface area contributed by atoms with Crippen molar-refractivity contribution in [3.8, 4) is 0 Å². The average Bonchev–Trinajstić information content (AvgIpc) is 2.27. The summed E-state index contributed by atoms with van der Waals surface area (Å²) in [7, 11) is -6.00. The number of aryl methyl sites for hydroxylation is 1. The third kappa shape index (κ3) is 5.91. The second kappa shape index (κ2) is 6.74. The first-order chi connectivity index (χ1) is 8.81. The summed E-state index contributed by atoms with van der Waals surface area (Å²) in [6.07, 6.45) is 3.34. The van der Waals surface area contributed by atoms with Gasteiger partial charge in [0.2, 0.25) is 6.23 Å². The molecule has 0 aliphatic carbocycles. The van der Waals surface area contributed by atoms with Gasteiger partial charge in [-0.2, -0.15) is 0 Å². The molecule has 0 bridgehead atoms. The lowest BCUT2D eigenvalue weighted by Crippen LogP contribution is -2.47. The van der Waals surface area contributed by atoms with Crippen molar-refractivity contribution in [3.63, 3.8) is 0 Å². The second-order valence-electron chi connectivity index (χ2n) is 4.12. The molecule has 1 atom stereocenters. The number of fused-ring (bicyclic) bond motifs is 1. The summed E-state index contributed by atoms with van der Waals surface area (Å²) in [5, 5.41) is 3.37. The molecule has 1 aliphatic heterocycles. The van der Waals surface area contributed by atoms with Crippen LogP contribution in [0.15, 0.2) is 18.3 Å². The minimum atomic E-state index is -6.00. The van der Waals surface area contributed by atoms with Crippen LogP contribution in [0.3, 0.4) is 0 Å². The molecular formula is C11H17BF4N2O. The van der Waals surface area contributed by atoms with E-state index in [1.54, 1.807) is 0 Å². The number of nitrogens with one attached hydrogen (secondary N) is 1. The third-order valence-corrected chi connectivity index (χ3v) is 2.51. The lowest BCUT2D eigenvalue weighted by Gasteiger charge is -2.21. The van der Waals surface area contributed by atoms with Crippen LogP contribution in [0.1, 0.15) is 25.1 Å². The van der Waals surface area contributed by atoms with Crippen molar-refractivity contribution >= 4 is 13.1 Å². The Kier molecular flexibility index (Phi) is 5.59. The van der Waals surface area contributed by atoms with Gasteiger partial charge in [0.05, 0.1) is 19.2 Å². The highest BCUT2D eigenvalue weighted by atomic mass is 19.5. The first-order valence-electron chi connectivity index (χ1n) is 6.06. The molecule has 0 aromatic carbocycles. The van der Waals surface area contributed by atoms with E-state index >= 15 is 0 Å². The van der Waals surface area contributed by atoms with E-state index in [1.165, 1.54) is 5.56 Å². The van der Waals surface area contributed by atoms with Crippen molar-refractivity contribution in [1.29, 1.82) is 0 Å². The van der Waals surface area contributed by atoms with E-state index in [2.05, 4.69) is 35.1 Å². The number of ether oxygens (including phenoxy) is 1. The van der Waals surface area contributed by atoms with E-state index in [1.807, 2.05) is 6.92 Å². The van der Waals surface area contributed by atoms with E-state index < -0.39 is 7.25 Å². The monoisotopic (exact) mass is 280 g/mol. The molecule has 1 aromatic rings. The van der Waals surface area contributed by atoms with Crippen molar-refractivity contribution in [2.45, 2.75) is 26.5 Å². The third-order valence-electron chi connectivity index (χ3n) is 2.51. The highest BCUT2D eigenvalue weighted by molar-refractivity contribution is 6.50. The zero-order chi connectivity index (χ0) is 14.5. The van der Waals surface area contributed by atoms with Crippen LogP contribution >= 0.6 is 0 Å². The molecule has 0 spiro atoms. The van der Waals surface area contributed by atoms with E-state index in [-0.39, 0.29) is 6.23 Å². The lowest BCUT2D eigenvalue weighted by molar-refractivity contribution is -0.753. The SMILES string of the molecule is CCOC1CCNc2cc(C)cc[n+]21.F[B-](F)(F)F. The molecule has 1 aromatic heterocycles. The van der Waals surface area contributed by atoms with Crippen LogP contribution in [0.4, 0.5) is 23.1 Å². The molecule has 3 nitrogen and oxygen atoms in total. The van der Waals surface area contributed by atoms with Crippen LogP contribution in [0.2, 0.25) is 0 Å². The Morgan fingerprint density at radius 3 is 2.63 bits per heavy atom. The Hall–Kier alpha value is -1.31. The molecule has 0 radical (unpaired) electrons. The summed E-state index contributed by atoms with van der Waals surface area (Å²) < 4.78 is 46.8. The predicted molar refractivity (Wildman–Crippen MR) is 65.3 cm³/mol. The van der Waals surface area contributed by atoms with Crippen LogP contribution in [-0.4, -0.2) is 20.4 Å². The van der Waals surface area contributed by atoms with E-state index in [9.17, 15) is 17.3 Å². The predicted octanol–water partition coefficient (Wildman–Crippen LogP) is 2.93. The number of aromatic nitrogens is 1. The molecule has 2 rings (SSSR count). The number of halogens is 4. The van der Waals surface area contributed by atoms with Crippen molar-refractivity contribution in [1.82, 2.24) is 0 Å². The van der Waals surface area contributed by atoms with Crippen molar-refractivity contribution in [2.24, 2.45) is 0 Å². The van der Waals surface area contributed by atoms with Crippen molar-refractivity contribution in [2.75, 3.05) is 18.5 Å². The normalized spacial score (nSPS) is 17.9. The molecule has 0 saturated heterocycles. The number of hydrogen-bond donors (Lipinski definition) is 1. The standard InChI is InChI=1S/C11H16N2O.BF4/c1-3-14-11-4-6-12-10-8-9(2)5-7-13(10)11;2-1(3,4)5/h5,7-8,11H,3-4,6H2,1-2H3;/q;-1/p+1. The van der Waals surface area contributed by atoms with E-state index in [0.29, 0.717) is 0 Å². The van der Waals surface area contributed by atoms with Crippen LogP contribution in [0.25, 0.3) is 0 Å². The van der Waals surface area contributed by atoms with Crippen LogP contribution < -0.4 is 9.88 Å². The van der Waals surface area contributed by atoms with Gasteiger partial charge in [-0.05, 0) is 25.5 Å². The largest absolute Gasteiger partial charge is 0.673 e. The Labute approximate surface area is 109 Å². The quantitative estimate of drug-likeness (QED) is 0.512. The maximum absolute atomic E-state index is 9.75. The maximum atomic E-state index is 9.75. The summed E-state index contributed by atoms with van der Waals surface area (Å²) in [4.78, 5) is 0. The minimum Gasteiger partial charge on any atom is -0.418 e. The fourth-order valence-electron chi connectivity index (χ4n) is 1.83. The van der Waals surface area contributed by atoms with Gasteiger partial charge in [-0.25, -0.2) is 4.57 Å². The smallest absolute Gasteiger partial charge is 0.418 e. The topological polar surface area (TPSA) is 25.1 Å². The number of hydrogen-bond acceptors (Lipinski definition) is 2. The van der Waals surface area contributed by atoms with Crippen LogP contribution in [0, 0.1) is 6.92 Å². The highest BCUT2D eigenvalue weighted by Crippen LogP contribution is 2.16. The van der Waals surface area contributed by atoms with E-state index in [0.717, 1.165) is 25.4 Å². The van der Waals surface area contributed by atoms with Gasteiger partial charge in [-0.1, -0.05) is 0 Å². The maximum Gasteiger partial charge on any atom is 0.673 e. The van der Waals surface area contributed by atoms with Gasteiger partial charge in [-0.15, -0.1) is 0 Å². The second-order valence-corrected chi connectivity index (χ2v) is 4.12. The molecule has 2 heterocycles. The van der Waals surface area contributed by atoms with Gasteiger partial charge in [-0.3, -0.25) is 5.32 Å². The summed E-state index contributed by atoms with van der Waals surface area (Å²) in [6.45, 7) is 5.91. The molecule has 19 heavy (non-hydrogen) atoms. The van der Waals surface area contributed by atoms with Crippen molar-refractivity contribution in [3.05, 3.63) is 23.9 Å². The molecule has 0 fully saturated rings. The summed E-state index contributed by atoms with van der Waals surface area (Å²) >= 11 is 0. The average molecular weight is 280 g/mol. The number of pyridine rings is 1. The Morgan fingerprint density at radius 2 is 2.05 bits per heavy atom. The van der Waals surface area contributed by atoms with Gasteiger partial charge in [0.15, 0.2) is 0 Å². The van der Waals surface area contributed by atoms with Gasteiger partial charge in [0.25, 0.3) is 5.82 Å². The summed E-state index contributed by atoms with van der Waals surface area (Å²) in [6, 6.07) is 4.27. The molecular weight excluding hydrogens is 263 g/mol. The fourth-order valence-corrected chi connectivity index (χ4v) is 1.83. The molecule has 1 N–H and O–H groups in total. The molecule has 108 valence electrons. The lowest BCUT2D eigenvalue weighted by atomic mass is 10.2. The summed E-state index contributed by atoms with van der Waals surface area (Å²) in [5.41, 5.74) is 1.28. The zero-order valence-electron chi connectivity index (χ0n) is 10.9. The molecule has 8 heteroatoms. The zero-order valence-corrected chi connectivity index (χ0v) is 10.9. The highest BCUT2D eigenvalue weighted by Gasteiger charge is 2.25. The first kappa shape index (κ1) is 15.8. The fraction of sp³-hybridized carbons (Fsp3) is 0.545.